The zero-order valence-electron chi connectivity index (χ0n) is 13.8. The summed E-state index contributed by atoms with van der Waals surface area (Å²) in [7, 11) is 1.74. The molecule has 2 aliphatic rings. The highest BCUT2D eigenvalue weighted by Crippen LogP contribution is 2.27. The van der Waals surface area contributed by atoms with Crippen LogP contribution >= 0.6 is 0 Å². The predicted molar refractivity (Wildman–Crippen MR) is 85.6 cm³/mol. The number of hydrogen-bond acceptors (Lipinski definition) is 6. The van der Waals surface area contributed by atoms with Crippen molar-refractivity contribution in [1.29, 1.82) is 0 Å². The summed E-state index contributed by atoms with van der Waals surface area (Å²) < 4.78 is 10.2. The maximum absolute atomic E-state index is 11.7. The molecule has 3 heterocycles. The van der Waals surface area contributed by atoms with Crippen LogP contribution in [0.2, 0.25) is 0 Å². The second-order valence-electron chi connectivity index (χ2n) is 6.20. The first-order chi connectivity index (χ1) is 11.2. The molecule has 1 amide bonds. The zero-order valence-corrected chi connectivity index (χ0v) is 13.8. The fourth-order valence-corrected chi connectivity index (χ4v) is 3.17. The third kappa shape index (κ3) is 3.61. The van der Waals surface area contributed by atoms with Crippen LogP contribution in [0.1, 0.15) is 31.4 Å². The van der Waals surface area contributed by atoms with Crippen molar-refractivity contribution in [1.82, 2.24) is 14.9 Å². The van der Waals surface area contributed by atoms with Gasteiger partial charge in [-0.25, -0.2) is 9.78 Å². The van der Waals surface area contributed by atoms with E-state index in [0.29, 0.717) is 18.3 Å². The van der Waals surface area contributed by atoms with Crippen molar-refractivity contribution < 1.29 is 14.3 Å². The molecule has 2 saturated heterocycles. The average molecular weight is 320 g/mol. The molecule has 23 heavy (non-hydrogen) atoms. The lowest BCUT2D eigenvalue weighted by atomic mass is 9.94. The van der Waals surface area contributed by atoms with Gasteiger partial charge in [0.15, 0.2) is 5.82 Å². The van der Waals surface area contributed by atoms with Crippen molar-refractivity contribution in [3.63, 3.8) is 0 Å². The van der Waals surface area contributed by atoms with Crippen LogP contribution in [0.3, 0.4) is 0 Å². The minimum atomic E-state index is -0.342. The summed E-state index contributed by atoms with van der Waals surface area (Å²) in [6.07, 6.45) is 5.32. The van der Waals surface area contributed by atoms with Crippen LogP contribution in [0.5, 0.6) is 0 Å². The van der Waals surface area contributed by atoms with Gasteiger partial charge in [0.05, 0.1) is 30.7 Å². The molecule has 1 atom stereocenters. The molecule has 7 heteroatoms. The van der Waals surface area contributed by atoms with Gasteiger partial charge in [0.1, 0.15) is 6.61 Å². The van der Waals surface area contributed by atoms with Crippen LogP contribution in [-0.4, -0.2) is 67.0 Å². The van der Waals surface area contributed by atoms with E-state index in [1.807, 2.05) is 13.1 Å². The molecular formula is C16H24N4O3. The maximum atomic E-state index is 11.7. The molecule has 0 saturated carbocycles. The second-order valence-corrected chi connectivity index (χ2v) is 6.20. The Morgan fingerprint density at radius 3 is 2.65 bits per heavy atom. The Kier molecular flexibility index (Phi) is 5.07. The molecule has 126 valence electrons. The summed E-state index contributed by atoms with van der Waals surface area (Å²) in [5, 5.41) is 0. The number of methoxy groups -OCH3 is 1. The second kappa shape index (κ2) is 7.23. The molecule has 3 rings (SSSR count). The van der Waals surface area contributed by atoms with Crippen LogP contribution in [0.25, 0.3) is 0 Å². The van der Waals surface area contributed by atoms with E-state index in [-0.39, 0.29) is 12.1 Å². The molecule has 0 bridgehead atoms. The molecule has 0 aliphatic carbocycles. The van der Waals surface area contributed by atoms with Gasteiger partial charge in [0.25, 0.3) is 0 Å². The first-order valence-electron chi connectivity index (χ1n) is 8.18. The number of aromatic nitrogens is 2. The van der Waals surface area contributed by atoms with E-state index in [2.05, 4.69) is 14.9 Å². The minimum Gasteiger partial charge on any atom is -0.447 e. The Hall–Kier alpha value is -1.73. The fourth-order valence-electron chi connectivity index (χ4n) is 3.17. The highest BCUT2D eigenvalue weighted by atomic mass is 16.6. The molecule has 0 unspecified atom stereocenters. The van der Waals surface area contributed by atoms with Gasteiger partial charge in [-0.3, -0.25) is 9.88 Å². The minimum absolute atomic E-state index is 0.00618. The van der Waals surface area contributed by atoms with E-state index in [1.165, 1.54) is 0 Å². The summed E-state index contributed by atoms with van der Waals surface area (Å²) in [5.41, 5.74) is 1.01. The SMILES string of the molecule is COCCN1CCC(c2cnc(N3C(=O)OC[C@@H]3C)cn2)CC1. The van der Waals surface area contributed by atoms with Gasteiger partial charge >= 0.3 is 6.09 Å². The number of anilines is 1. The van der Waals surface area contributed by atoms with Crippen molar-refractivity contribution >= 4 is 11.9 Å². The van der Waals surface area contributed by atoms with E-state index < -0.39 is 0 Å². The van der Waals surface area contributed by atoms with Crippen LogP contribution < -0.4 is 4.90 Å². The van der Waals surface area contributed by atoms with Crippen LogP contribution in [0.4, 0.5) is 10.6 Å². The molecule has 7 nitrogen and oxygen atoms in total. The highest BCUT2D eigenvalue weighted by molar-refractivity contribution is 5.88. The van der Waals surface area contributed by atoms with E-state index >= 15 is 0 Å². The number of likely N-dealkylation sites (tertiary alicyclic amines) is 1. The van der Waals surface area contributed by atoms with Crippen molar-refractivity contribution in [3.8, 4) is 0 Å². The topological polar surface area (TPSA) is 67.8 Å². The molecule has 0 spiro atoms. The highest BCUT2D eigenvalue weighted by Gasteiger charge is 2.32. The zero-order chi connectivity index (χ0) is 16.2. The lowest BCUT2D eigenvalue weighted by Crippen LogP contribution is -2.35. The van der Waals surface area contributed by atoms with Gasteiger partial charge in [-0.15, -0.1) is 0 Å². The van der Waals surface area contributed by atoms with E-state index in [0.717, 1.165) is 44.8 Å². The van der Waals surface area contributed by atoms with Gasteiger partial charge < -0.3 is 14.4 Å². The molecule has 1 aromatic heterocycles. The van der Waals surface area contributed by atoms with E-state index in [1.54, 1.807) is 18.2 Å². The number of amides is 1. The van der Waals surface area contributed by atoms with E-state index in [4.69, 9.17) is 9.47 Å². The summed E-state index contributed by atoms with van der Waals surface area (Å²) in [5.74, 6) is 1.01. The summed E-state index contributed by atoms with van der Waals surface area (Å²) in [6, 6.07) is 0.00618. The van der Waals surface area contributed by atoms with Gasteiger partial charge in [-0.05, 0) is 32.9 Å². The van der Waals surface area contributed by atoms with Crippen molar-refractivity contribution in [2.24, 2.45) is 0 Å². The molecule has 2 fully saturated rings. The Labute approximate surface area is 136 Å². The fraction of sp³-hybridized carbons (Fsp3) is 0.688. The quantitative estimate of drug-likeness (QED) is 0.822. The van der Waals surface area contributed by atoms with Gasteiger partial charge in [0.2, 0.25) is 0 Å². The van der Waals surface area contributed by atoms with Crippen molar-refractivity contribution in [2.75, 3.05) is 44.9 Å². The summed E-state index contributed by atoms with van der Waals surface area (Å²) in [4.78, 5) is 24.7. The molecule has 0 radical (unpaired) electrons. The maximum Gasteiger partial charge on any atom is 0.415 e. The monoisotopic (exact) mass is 320 g/mol. The molecular weight excluding hydrogens is 296 g/mol. The number of carbonyl (C=O) groups excluding carboxylic acids is 1. The average Bonchev–Trinajstić information content (AvgIpc) is 2.92. The van der Waals surface area contributed by atoms with Gasteiger partial charge in [-0.2, -0.15) is 0 Å². The third-order valence-electron chi connectivity index (χ3n) is 4.61. The number of cyclic esters (lactones) is 1. The lowest BCUT2D eigenvalue weighted by molar-refractivity contribution is 0.130. The van der Waals surface area contributed by atoms with Crippen LogP contribution in [0.15, 0.2) is 12.4 Å². The lowest BCUT2D eigenvalue weighted by Gasteiger charge is -2.31. The predicted octanol–water partition coefficient (Wildman–Crippen LogP) is 1.65. The number of rotatable bonds is 5. The van der Waals surface area contributed by atoms with Gasteiger partial charge in [-0.1, -0.05) is 0 Å². The number of nitrogens with zero attached hydrogens (tertiary/aromatic N) is 4. The number of piperidine rings is 1. The third-order valence-corrected chi connectivity index (χ3v) is 4.61. The number of ether oxygens (including phenoxy) is 2. The number of hydrogen-bond donors (Lipinski definition) is 0. The van der Waals surface area contributed by atoms with Crippen LogP contribution in [-0.2, 0) is 9.47 Å². The summed E-state index contributed by atoms with van der Waals surface area (Å²) in [6.45, 7) is 6.24. The summed E-state index contributed by atoms with van der Waals surface area (Å²) >= 11 is 0. The first-order valence-corrected chi connectivity index (χ1v) is 8.18. The smallest absolute Gasteiger partial charge is 0.415 e. The Morgan fingerprint density at radius 1 is 1.30 bits per heavy atom. The first kappa shape index (κ1) is 16.1. The number of carbonyl (C=O) groups is 1. The molecule has 0 N–H and O–H groups in total. The van der Waals surface area contributed by atoms with Crippen molar-refractivity contribution in [2.45, 2.75) is 31.7 Å². The van der Waals surface area contributed by atoms with Crippen molar-refractivity contribution in [3.05, 3.63) is 18.1 Å². The Balaban J connectivity index is 1.59. The largest absolute Gasteiger partial charge is 0.447 e. The molecule has 1 aromatic rings. The van der Waals surface area contributed by atoms with Gasteiger partial charge in [0, 0.05) is 19.6 Å². The molecule has 0 aromatic carbocycles. The van der Waals surface area contributed by atoms with E-state index in [9.17, 15) is 4.79 Å². The normalized spacial score (nSPS) is 23.3. The molecule has 2 aliphatic heterocycles. The Bertz CT molecular complexity index is 529. The Morgan fingerprint density at radius 2 is 2.09 bits per heavy atom. The standard InChI is InChI=1S/C16H24N4O3/c1-12-11-23-16(21)20(12)15-10-17-14(9-18-15)13-3-5-19(6-4-13)7-8-22-2/h9-10,12-13H,3-8,11H2,1-2H3/t12-/m0/s1. The van der Waals surface area contributed by atoms with Crippen LogP contribution in [0, 0.1) is 0 Å².